The first-order valence-corrected chi connectivity index (χ1v) is 29.6. The van der Waals surface area contributed by atoms with E-state index in [1.54, 1.807) is 74.6 Å². The summed E-state index contributed by atoms with van der Waals surface area (Å²) in [6, 6.07) is 10.2. The summed E-state index contributed by atoms with van der Waals surface area (Å²) in [4.78, 5) is 176. The molecule has 0 fully saturated rings. The number of hydrogen-bond acceptors (Lipinski definition) is 15. The lowest BCUT2D eigenvalue weighted by molar-refractivity contribution is -0.138. The van der Waals surface area contributed by atoms with Gasteiger partial charge in [-0.25, -0.2) is 4.98 Å². The summed E-state index contributed by atoms with van der Waals surface area (Å²) < 4.78 is 0. The Balaban J connectivity index is 1.33. The number of imide groups is 1. The molecule has 0 saturated heterocycles. The smallest absolute Gasteiger partial charge is 0.261 e. The summed E-state index contributed by atoms with van der Waals surface area (Å²) in [5.41, 5.74) is 25.3. The third-order valence-electron chi connectivity index (χ3n) is 14.5. The second-order valence-corrected chi connectivity index (χ2v) is 23.2. The van der Waals surface area contributed by atoms with Gasteiger partial charge in [-0.05, 0) is 85.4 Å². The maximum absolute atomic E-state index is 14.7. The van der Waals surface area contributed by atoms with Crippen molar-refractivity contribution in [1.82, 2.24) is 62.4 Å². The van der Waals surface area contributed by atoms with Crippen LogP contribution >= 0.6 is 0 Å². The number of para-hydroxylation sites is 1. The summed E-state index contributed by atoms with van der Waals surface area (Å²) >= 11 is 0. The van der Waals surface area contributed by atoms with Gasteiger partial charge < -0.3 is 75.4 Å². The highest BCUT2D eigenvalue weighted by atomic mass is 16.2. The van der Waals surface area contributed by atoms with Gasteiger partial charge in [0.25, 0.3) is 5.91 Å². The first kappa shape index (κ1) is 70.8. The van der Waals surface area contributed by atoms with Crippen LogP contribution in [0.15, 0.2) is 97.6 Å². The van der Waals surface area contributed by atoms with Crippen LogP contribution in [0, 0.1) is 17.8 Å². The molecule has 18 N–H and O–H groups in total. The molecule has 0 bridgehead atoms. The molecule has 3 aromatic carbocycles. The van der Waals surface area contributed by atoms with E-state index in [9.17, 15) is 57.5 Å². The fourth-order valence-corrected chi connectivity index (χ4v) is 9.76. The number of fused-ring (bicyclic) bond motifs is 1. The van der Waals surface area contributed by atoms with E-state index in [1.165, 1.54) is 43.7 Å². The number of nitrogens with two attached hydrogens (primary N) is 4. The fourth-order valence-electron chi connectivity index (χ4n) is 9.76. The maximum Gasteiger partial charge on any atom is 0.261 e. The Labute approximate surface area is 521 Å². The van der Waals surface area contributed by atoms with Gasteiger partial charge in [-0.3, -0.25) is 62.4 Å². The summed E-state index contributed by atoms with van der Waals surface area (Å²) in [7, 11) is 0. The van der Waals surface area contributed by atoms with Crippen LogP contribution in [0.5, 0.6) is 0 Å². The maximum atomic E-state index is 14.7. The van der Waals surface area contributed by atoms with Crippen molar-refractivity contribution in [2.24, 2.45) is 35.0 Å². The molecule has 0 unspecified atom stereocenters. The van der Waals surface area contributed by atoms with Gasteiger partial charge in [-0.15, -0.1) is 0 Å². The van der Waals surface area contributed by atoms with Crippen LogP contribution in [0.2, 0.25) is 0 Å². The SMILES string of the molecule is CC(C)C[C@H](NC(=O)[C@H](CC(C)C)NC(=O)[C@H](Cc1cnc[nH]1)NC(=O)CNC(=O)[C@@H](NC(=O)[C@H](C)NC(=O)[C@H](Cc1c[nH]c2ccccc12)NC(=O)[C@H](CCC(N)=O)NC(=O)[C@@H](Cc1ccccc1)N(C(=O)CN)C(=O)c1ccc(N)cc1)C(C)C)C(N)=O. The van der Waals surface area contributed by atoms with Crippen LogP contribution in [-0.4, -0.2) is 152 Å². The molecule has 5 rings (SSSR count). The molecule has 0 saturated carbocycles. The molecule has 90 heavy (non-hydrogen) atoms. The zero-order valence-corrected chi connectivity index (χ0v) is 51.6. The van der Waals surface area contributed by atoms with E-state index in [4.69, 9.17) is 22.9 Å². The number of H-pyrrole nitrogens is 2. The Morgan fingerprint density at radius 1 is 0.578 bits per heavy atom. The zero-order chi connectivity index (χ0) is 66.4. The summed E-state index contributed by atoms with van der Waals surface area (Å²) in [5, 5.41) is 21.6. The van der Waals surface area contributed by atoms with Crippen molar-refractivity contribution in [3.05, 3.63) is 120 Å². The number of carbonyl (C=O) groups is 12. The fraction of sp³-hybridized carbons (Fsp3) is 0.435. The Kier molecular flexibility index (Phi) is 26.7. The Morgan fingerprint density at radius 3 is 1.77 bits per heavy atom. The molecular weight excluding hydrogens is 1160 g/mol. The van der Waals surface area contributed by atoms with Gasteiger partial charge in [0.15, 0.2) is 0 Å². The van der Waals surface area contributed by atoms with Gasteiger partial charge in [-0.2, -0.15) is 0 Å². The standard InChI is InChI=1S/C62H84N16O12/c1-33(2)23-45(54(66)82)74-58(86)46(24-34(3)4)75-59(87)48(27-41-30-67-32-70-41)72-51(80)31-69-61(89)53(35(5)6)77-55(83)36(7)71-57(85)47(26-39-29-68-43-16-12-11-15-42(39)43)76-56(84)44(21-22-50(65)79)73-60(88)49(25-37-13-9-8-10-14-37)78(52(81)28-63)62(90)38-17-19-40(64)20-18-38/h8-20,29-30,32-36,44-49,53,68H,21-28,31,63-64H2,1-7H3,(H2,65,79)(H2,66,82)(H,67,70)(H,69,89)(H,71,85)(H,72,80)(H,73,88)(H,74,86)(H,75,87)(H,76,84)(H,77,83)/t36-,44-,45-,46-,47-,48-,49+,53-/m0/s1. The average Bonchev–Trinajstić information content (AvgIpc) is 1.42. The number of benzene rings is 3. The zero-order valence-electron chi connectivity index (χ0n) is 51.6. The highest BCUT2D eigenvalue weighted by molar-refractivity contribution is 6.09. The van der Waals surface area contributed by atoms with Crippen LogP contribution < -0.4 is 65.5 Å². The van der Waals surface area contributed by atoms with Crippen LogP contribution in [-0.2, 0) is 72.0 Å². The second-order valence-electron chi connectivity index (χ2n) is 23.2. The lowest BCUT2D eigenvalue weighted by Gasteiger charge is -2.31. The van der Waals surface area contributed by atoms with Crippen LogP contribution in [0.25, 0.3) is 10.9 Å². The predicted octanol–water partition coefficient (Wildman–Crippen LogP) is -0.474. The molecule has 8 atom stereocenters. The summed E-state index contributed by atoms with van der Waals surface area (Å²) in [6.45, 7) is 10.6. The number of primary amides is 2. The topological polar surface area (TPSA) is 453 Å². The number of nitrogens with zero attached hydrogens (tertiary/aromatic N) is 2. The quantitative estimate of drug-likeness (QED) is 0.0232. The van der Waals surface area contributed by atoms with Gasteiger partial charge in [-0.1, -0.05) is 90.1 Å². The molecule has 2 heterocycles. The van der Waals surface area contributed by atoms with Crippen molar-refractivity contribution >= 4 is 87.5 Å². The third-order valence-corrected chi connectivity index (χ3v) is 14.5. The molecule has 0 aliphatic rings. The second kappa shape index (κ2) is 33.9. The van der Waals surface area contributed by atoms with E-state index in [2.05, 4.69) is 57.5 Å². The third kappa shape index (κ3) is 21.4. The number of carbonyl (C=O) groups excluding carboxylic acids is 12. The minimum Gasteiger partial charge on any atom is -0.399 e. The van der Waals surface area contributed by atoms with Gasteiger partial charge >= 0.3 is 0 Å². The highest BCUT2D eigenvalue weighted by Crippen LogP contribution is 2.21. The number of imidazole rings is 1. The molecule has 2 aromatic heterocycles. The van der Waals surface area contributed by atoms with E-state index >= 15 is 0 Å². The van der Waals surface area contributed by atoms with Crippen molar-refractivity contribution in [1.29, 1.82) is 0 Å². The lowest BCUT2D eigenvalue weighted by Crippen LogP contribution is -2.60. The lowest BCUT2D eigenvalue weighted by atomic mass is 9.99. The van der Waals surface area contributed by atoms with E-state index in [0.29, 0.717) is 38.3 Å². The first-order valence-electron chi connectivity index (χ1n) is 29.6. The number of anilines is 1. The highest BCUT2D eigenvalue weighted by Gasteiger charge is 2.39. The number of amides is 12. The average molecular weight is 1250 g/mol. The van der Waals surface area contributed by atoms with Crippen molar-refractivity contribution in [3.8, 4) is 0 Å². The number of nitrogens with one attached hydrogen (secondary N) is 10. The number of hydrogen-bond donors (Lipinski definition) is 14. The molecule has 0 radical (unpaired) electrons. The van der Waals surface area contributed by atoms with Crippen molar-refractivity contribution < 1.29 is 57.5 Å². The van der Waals surface area contributed by atoms with E-state index in [0.717, 1.165) is 0 Å². The molecule has 484 valence electrons. The van der Waals surface area contributed by atoms with Crippen LogP contribution in [0.1, 0.15) is 101 Å². The van der Waals surface area contributed by atoms with Gasteiger partial charge in [0.1, 0.15) is 48.3 Å². The Hall–Kier alpha value is -9.99. The Bertz CT molecular complexity index is 3320. The van der Waals surface area contributed by atoms with Gasteiger partial charge in [0.2, 0.25) is 65.0 Å². The minimum atomic E-state index is -1.63. The van der Waals surface area contributed by atoms with Crippen LogP contribution in [0.4, 0.5) is 5.69 Å². The molecule has 28 heteroatoms. The first-order chi connectivity index (χ1) is 42.6. The van der Waals surface area contributed by atoms with Gasteiger partial charge in [0, 0.05) is 65.9 Å². The summed E-state index contributed by atoms with van der Waals surface area (Å²) in [5.74, 6) is -11.0. The van der Waals surface area contributed by atoms with Crippen LogP contribution in [0.3, 0.4) is 0 Å². The van der Waals surface area contributed by atoms with Crippen molar-refractivity contribution in [2.75, 3.05) is 18.8 Å². The summed E-state index contributed by atoms with van der Waals surface area (Å²) in [6.07, 6.45) is 3.42. The van der Waals surface area contributed by atoms with E-state index in [-0.39, 0.29) is 49.5 Å². The predicted molar refractivity (Wildman–Crippen MR) is 333 cm³/mol. The van der Waals surface area contributed by atoms with Gasteiger partial charge in [0.05, 0.1) is 19.4 Å². The normalized spacial score (nSPS) is 13.9. The van der Waals surface area contributed by atoms with Crippen molar-refractivity contribution in [3.63, 3.8) is 0 Å². The Morgan fingerprint density at radius 2 is 1.16 bits per heavy atom. The largest absolute Gasteiger partial charge is 0.399 e. The van der Waals surface area contributed by atoms with Crippen molar-refractivity contribution in [2.45, 2.75) is 142 Å². The molecule has 12 amide bonds. The molecule has 28 nitrogen and oxygen atoms in total. The monoisotopic (exact) mass is 1240 g/mol. The molecular formula is C62H84N16O12. The van der Waals surface area contributed by atoms with E-state index < -0.39 is 151 Å². The van der Waals surface area contributed by atoms with E-state index in [1.807, 2.05) is 27.7 Å². The number of aromatic nitrogens is 3. The molecule has 0 aliphatic carbocycles. The molecule has 0 spiro atoms. The molecule has 0 aliphatic heterocycles. The number of nitrogen functional groups attached to an aromatic ring is 1. The number of aromatic amines is 2. The minimum absolute atomic E-state index is 0.00474. The molecule has 5 aromatic rings. The number of rotatable bonds is 34.